The van der Waals surface area contributed by atoms with Crippen LogP contribution in [0.3, 0.4) is 0 Å². The number of nitrogens with zero attached hydrogens (tertiary/aromatic N) is 1. The van der Waals surface area contributed by atoms with E-state index in [1.165, 1.54) is 18.2 Å². The third kappa shape index (κ3) is 3.32. The van der Waals surface area contributed by atoms with Gasteiger partial charge in [0.15, 0.2) is 0 Å². The maximum atomic E-state index is 11.8. The van der Waals surface area contributed by atoms with Crippen molar-refractivity contribution in [3.63, 3.8) is 0 Å². The summed E-state index contributed by atoms with van der Waals surface area (Å²) in [5.74, 6) is -0.490. The fourth-order valence-corrected chi connectivity index (χ4v) is 1.61. The van der Waals surface area contributed by atoms with Crippen molar-refractivity contribution < 1.29 is 14.5 Å². The number of carbonyl (C=O) groups is 1. The van der Waals surface area contributed by atoms with Crippen LogP contribution in [0.4, 0.5) is 11.4 Å². The number of nitro benzene ring substituents is 1. The first-order chi connectivity index (χ1) is 9.56. The lowest BCUT2D eigenvalue weighted by Gasteiger charge is -2.05. The van der Waals surface area contributed by atoms with Crippen LogP contribution >= 0.6 is 0 Å². The van der Waals surface area contributed by atoms with Gasteiger partial charge in [-0.25, -0.2) is 4.79 Å². The lowest BCUT2D eigenvalue weighted by molar-refractivity contribution is -0.384. The maximum Gasteiger partial charge on any atom is 0.338 e. The molecule has 0 amide bonds. The monoisotopic (exact) mass is 272 g/mol. The summed E-state index contributed by atoms with van der Waals surface area (Å²) in [6.45, 7) is 0.0472. The van der Waals surface area contributed by atoms with E-state index < -0.39 is 10.9 Å². The number of nitrogen functional groups attached to an aromatic ring is 1. The van der Waals surface area contributed by atoms with Gasteiger partial charge in [0.25, 0.3) is 5.69 Å². The topological polar surface area (TPSA) is 95.5 Å². The summed E-state index contributed by atoms with van der Waals surface area (Å²) in [5, 5.41) is 10.5. The highest BCUT2D eigenvalue weighted by Gasteiger charge is 2.08. The fourth-order valence-electron chi connectivity index (χ4n) is 1.61. The van der Waals surface area contributed by atoms with Crippen LogP contribution in [0.25, 0.3) is 0 Å². The second kappa shape index (κ2) is 5.83. The molecule has 0 atom stereocenters. The van der Waals surface area contributed by atoms with E-state index in [0.717, 1.165) is 0 Å². The first-order valence-corrected chi connectivity index (χ1v) is 5.82. The number of nitrogens with two attached hydrogens (primary N) is 1. The summed E-state index contributed by atoms with van der Waals surface area (Å²) in [5.41, 5.74) is 7.10. The maximum absolute atomic E-state index is 11.8. The Labute approximate surface area is 114 Å². The average molecular weight is 272 g/mol. The van der Waals surface area contributed by atoms with Crippen molar-refractivity contribution in [1.29, 1.82) is 0 Å². The largest absolute Gasteiger partial charge is 0.457 e. The normalized spacial score (nSPS) is 10.0. The van der Waals surface area contributed by atoms with Crippen molar-refractivity contribution in [1.82, 2.24) is 0 Å². The van der Waals surface area contributed by atoms with Crippen LogP contribution in [-0.4, -0.2) is 10.9 Å². The van der Waals surface area contributed by atoms with E-state index in [4.69, 9.17) is 10.5 Å². The van der Waals surface area contributed by atoms with E-state index in [9.17, 15) is 14.9 Å². The van der Waals surface area contributed by atoms with Gasteiger partial charge in [0, 0.05) is 17.8 Å². The molecule has 0 heterocycles. The Morgan fingerprint density at radius 2 is 1.90 bits per heavy atom. The first-order valence-electron chi connectivity index (χ1n) is 5.82. The SMILES string of the molecule is Nc1cccc(C(=O)OCc2ccc([N+](=O)[O-])cc2)c1. The number of benzene rings is 2. The molecule has 0 aliphatic rings. The van der Waals surface area contributed by atoms with E-state index >= 15 is 0 Å². The summed E-state index contributed by atoms with van der Waals surface area (Å²) in [6.07, 6.45) is 0. The predicted molar refractivity (Wildman–Crippen MR) is 73.1 cm³/mol. The Kier molecular flexibility index (Phi) is 3.95. The van der Waals surface area contributed by atoms with Gasteiger partial charge in [-0.1, -0.05) is 6.07 Å². The van der Waals surface area contributed by atoms with Gasteiger partial charge < -0.3 is 10.5 Å². The molecule has 2 rings (SSSR count). The summed E-state index contributed by atoms with van der Waals surface area (Å²) >= 11 is 0. The van der Waals surface area contributed by atoms with Crippen molar-refractivity contribution in [3.8, 4) is 0 Å². The Balaban J connectivity index is 1.98. The summed E-state index contributed by atoms with van der Waals surface area (Å²) in [6, 6.07) is 12.3. The third-order valence-electron chi connectivity index (χ3n) is 2.64. The van der Waals surface area contributed by atoms with Crippen LogP contribution in [0.2, 0.25) is 0 Å². The van der Waals surface area contributed by atoms with Crippen LogP contribution in [-0.2, 0) is 11.3 Å². The van der Waals surface area contributed by atoms with Crippen molar-refractivity contribution in [3.05, 3.63) is 69.8 Å². The van der Waals surface area contributed by atoms with Gasteiger partial charge in [-0.2, -0.15) is 0 Å². The molecule has 0 aromatic heterocycles. The van der Waals surface area contributed by atoms with Crippen molar-refractivity contribution in [2.24, 2.45) is 0 Å². The van der Waals surface area contributed by atoms with Crippen LogP contribution < -0.4 is 5.73 Å². The molecule has 0 aliphatic carbocycles. The van der Waals surface area contributed by atoms with E-state index in [2.05, 4.69) is 0 Å². The second-order valence-corrected chi connectivity index (χ2v) is 4.13. The van der Waals surface area contributed by atoms with Gasteiger partial charge in [-0.3, -0.25) is 10.1 Å². The first kappa shape index (κ1) is 13.5. The minimum absolute atomic E-state index is 0.00379. The lowest BCUT2D eigenvalue weighted by atomic mass is 10.2. The van der Waals surface area contributed by atoms with Gasteiger partial charge in [-0.05, 0) is 35.9 Å². The number of rotatable bonds is 4. The molecule has 0 fully saturated rings. The molecule has 20 heavy (non-hydrogen) atoms. The van der Waals surface area contributed by atoms with Gasteiger partial charge in [0.05, 0.1) is 10.5 Å². The number of non-ortho nitro benzene ring substituents is 1. The average Bonchev–Trinajstić information content (AvgIpc) is 2.45. The summed E-state index contributed by atoms with van der Waals surface area (Å²) in [4.78, 5) is 21.8. The molecular formula is C14H12N2O4. The molecule has 0 saturated heterocycles. The zero-order valence-corrected chi connectivity index (χ0v) is 10.5. The number of ether oxygens (including phenoxy) is 1. The summed E-state index contributed by atoms with van der Waals surface area (Å²) in [7, 11) is 0. The van der Waals surface area contributed by atoms with Crippen molar-refractivity contribution in [2.45, 2.75) is 6.61 Å². The van der Waals surface area contributed by atoms with Crippen LogP contribution in [0.1, 0.15) is 15.9 Å². The zero-order chi connectivity index (χ0) is 14.5. The fraction of sp³-hybridized carbons (Fsp3) is 0.0714. The van der Waals surface area contributed by atoms with E-state index in [0.29, 0.717) is 16.8 Å². The van der Waals surface area contributed by atoms with Gasteiger partial charge in [0.1, 0.15) is 6.61 Å². The molecule has 0 spiro atoms. The highest BCUT2D eigenvalue weighted by molar-refractivity contribution is 5.90. The minimum Gasteiger partial charge on any atom is -0.457 e. The molecule has 0 bridgehead atoms. The molecule has 2 N–H and O–H groups in total. The number of anilines is 1. The Hall–Kier alpha value is -2.89. The number of esters is 1. The number of hydrogen-bond donors (Lipinski definition) is 1. The molecule has 6 heteroatoms. The molecule has 2 aromatic rings. The molecular weight excluding hydrogens is 260 g/mol. The van der Waals surface area contributed by atoms with Crippen LogP contribution in [0, 0.1) is 10.1 Å². The van der Waals surface area contributed by atoms with Gasteiger partial charge in [-0.15, -0.1) is 0 Å². The molecule has 2 aromatic carbocycles. The predicted octanol–water partition coefficient (Wildman–Crippen LogP) is 2.53. The molecule has 0 unspecified atom stereocenters. The van der Waals surface area contributed by atoms with E-state index in [1.807, 2.05) is 0 Å². The zero-order valence-electron chi connectivity index (χ0n) is 10.5. The second-order valence-electron chi connectivity index (χ2n) is 4.13. The van der Waals surface area contributed by atoms with E-state index in [-0.39, 0.29) is 12.3 Å². The van der Waals surface area contributed by atoms with Crippen LogP contribution in [0.15, 0.2) is 48.5 Å². The minimum atomic E-state index is -0.490. The number of nitro groups is 1. The van der Waals surface area contributed by atoms with Crippen molar-refractivity contribution >= 4 is 17.3 Å². The van der Waals surface area contributed by atoms with Crippen molar-refractivity contribution in [2.75, 3.05) is 5.73 Å². The smallest absolute Gasteiger partial charge is 0.338 e. The Morgan fingerprint density at radius 1 is 1.20 bits per heavy atom. The lowest BCUT2D eigenvalue weighted by Crippen LogP contribution is -2.05. The van der Waals surface area contributed by atoms with Gasteiger partial charge in [0.2, 0.25) is 0 Å². The Bertz CT molecular complexity index is 638. The van der Waals surface area contributed by atoms with Crippen LogP contribution in [0.5, 0.6) is 0 Å². The number of carbonyl (C=O) groups excluding carboxylic acids is 1. The molecule has 6 nitrogen and oxygen atoms in total. The summed E-state index contributed by atoms with van der Waals surface area (Å²) < 4.78 is 5.11. The standard InChI is InChI=1S/C14H12N2O4/c15-12-3-1-2-11(8-12)14(17)20-9-10-4-6-13(7-5-10)16(18)19/h1-8H,9,15H2. The molecule has 0 aliphatic heterocycles. The van der Waals surface area contributed by atoms with E-state index in [1.54, 1.807) is 30.3 Å². The number of hydrogen-bond acceptors (Lipinski definition) is 5. The third-order valence-corrected chi connectivity index (χ3v) is 2.64. The highest BCUT2D eigenvalue weighted by atomic mass is 16.6. The van der Waals surface area contributed by atoms with Gasteiger partial charge >= 0.3 is 5.97 Å². The molecule has 102 valence electrons. The quantitative estimate of drug-likeness (QED) is 0.399. The molecule has 0 saturated carbocycles. The molecule has 0 radical (unpaired) electrons. The Morgan fingerprint density at radius 3 is 2.50 bits per heavy atom. The highest BCUT2D eigenvalue weighted by Crippen LogP contribution is 2.14.